The lowest BCUT2D eigenvalue weighted by Gasteiger charge is -2.34. The van der Waals surface area contributed by atoms with E-state index in [4.69, 9.17) is 4.74 Å². The molecule has 2 heteroatoms. The molecule has 1 aliphatic rings. The lowest BCUT2D eigenvalue weighted by atomic mass is 9.79. The van der Waals surface area contributed by atoms with Crippen LogP contribution < -0.4 is 0 Å². The van der Waals surface area contributed by atoms with Crippen LogP contribution in [0.25, 0.3) is 0 Å². The second-order valence-corrected chi connectivity index (χ2v) is 3.87. The van der Waals surface area contributed by atoms with E-state index in [0.29, 0.717) is 5.57 Å². The first-order chi connectivity index (χ1) is 6.12. The van der Waals surface area contributed by atoms with Crippen molar-refractivity contribution in [2.75, 3.05) is 7.11 Å². The van der Waals surface area contributed by atoms with Gasteiger partial charge in [0.2, 0.25) is 0 Å². The first-order valence-corrected chi connectivity index (χ1v) is 4.88. The molecule has 74 valence electrons. The molecule has 0 amide bonds. The number of methoxy groups -OCH3 is 1. The largest absolute Gasteiger partial charge is 0.370 e. The average Bonchev–Trinajstić information content (AvgIpc) is 2.17. The van der Waals surface area contributed by atoms with E-state index in [2.05, 4.69) is 6.58 Å². The number of Topliss-reactive ketones (excluding diaryl/α,β-unsaturated/α-hetero) is 1. The normalized spacial score (nSPS) is 21.1. The van der Waals surface area contributed by atoms with Crippen LogP contribution in [0.15, 0.2) is 12.2 Å². The van der Waals surface area contributed by atoms with E-state index in [1.54, 1.807) is 14.0 Å². The molecule has 0 saturated heterocycles. The fourth-order valence-electron chi connectivity index (χ4n) is 2.04. The van der Waals surface area contributed by atoms with Gasteiger partial charge in [0.15, 0.2) is 5.78 Å². The van der Waals surface area contributed by atoms with Gasteiger partial charge in [-0.3, -0.25) is 4.79 Å². The first-order valence-electron chi connectivity index (χ1n) is 4.88. The van der Waals surface area contributed by atoms with Gasteiger partial charge in [-0.05, 0) is 25.3 Å². The summed E-state index contributed by atoms with van der Waals surface area (Å²) in [6.07, 6.45) is 5.11. The Bertz CT molecular complexity index is 212. The van der Waals surface area contributed by atoms with Gasteiger partial charge >= 0.3 is 0 Å². The number of carbonyl (C=O) groups is 1. The van der Waals surface area contributed by atoms with E-state index in [1.165, 1.54) is 6.42 Å². The van der Waals surface area contributed by atoms with E-state index in [1.807, 2.05) is 0 Å². The summed E-state index contributed by atoms with van der Waals surface area (Å²) in [6.45, 7) is 5.46. The van der Waals surface area contributed by atoms with Gasteiger partial charge in [-0.15, -0.1) is 0 Å². The quantitative estimate of drug-likeness (QED) is 0.627. The Labute approximate surface area is 80.0 Å². The summed E-state index contributed by atoms with van der Waals surface area (Å²) < 4.78 is 5.39. The zero-order valence-corrected chi connectivity index (χ0v) is 8.56. The van der Waals surface area contributed by atoms with Crippen LogP contribution in [0.5, 0.6) is 0 Å². The van der Waals surface area contributed by atoms with Crippen molar-refractivity contribution in [1.29, 1.82) is 0 Å². The molecule has 0 aromatic carbocycles. The second kappa shape index (κ2) is 4.05. The van der Waals surface area contributed by atoms with E-state index < -0.39 is 5.60 Å². The highest BCUT2D eigenvalue weighted by atomic mass is 16.5. The Morgan fingerprint density at radius 2 is 1.85 bits per heavy atom. The molecule has 1 aliphatic carbocycles. The van der Waals surface area contributed by atoms with Gasteiger partial charge in [0.1, 0.15) is 5.60 Å². The molecule has 0 aromatic heterocycles. The minimum absolute atomic E-state index is 0.0923. The maximum atomic E-state index is 11.8. The molecule has 1 fully saturated rings. The Morgan fingerprint density at radius 3 is 2.23 bits per heavy atom. The SMILES string of the molecule is C=C(C)C(=O)C1(OC)CCCCC1. The lowest BCUT2D eigenvalue weighted by molar-refractivity contribution is -0.140. The molecule has 0 N–H and O–H groups in total. The van der Waals surface area contributed by atoms with Crippen molar-refractivity contribution in [2.24, 2.45) is 0 Å². The number of ketones is 1. The highest BCUT2D eigenvalue weighted by Crippen LogP contribution is 2.33. The number of carbonyl (C=O) groups excluding carboxylic acids is 1. The number of hydrogen-bond acceptors (Lipinski definition) is 2. The monoisotopic (exact) mass is 182 g/mol. The molecular weight excluding hydrogens is 164 g/mol. The summed E-state index contributed by atoms with van der Waals surface area (Å²) in [5.41, 5.74) is 0.0770. The second-order valence-electron chi connectivity index (χ2n) is 3.87. The molecular formula is C11H18O2. The fraction of sp³-hybridized carbons (Fsp3) is 0.727. The third kappa shape index (κ3) is 1.99. The molecule has 0 aromatic rings. The van der Waals surface area contributed by atoms with Crippen LogP contribution in [0.2, 0.25) is 0 Å². The highest BCUT2D eigenvalue weighted by molar-refractivity contribution is 6.01. The van der Waals surface area contributed by atoms with Crippen LogP contribution in [0.4, 0.5) is 0 Å². The van der Waals surface area contributed by atoms with Crippen LogP contribution in [0, 0.1) is 0 Å². The Balaban J connectivity index is 2.78. The Kier molecular flexibility index (Phi) is 3.26. The van der Waals surface area contributed by atoms with Gasteiger partial charge in [0, 0.05) is 7.11 Å². The van der Waals surface area contributed by atoms with Gasteiger partial charge < -0.3 is 4.74 Å². The van der Waals surface area contributed by atoms with Crippen molar-refractivity contribution in [3.05, 3.63) is 12.2 Å². The van der Waals surface area contributed by atoms with Crippen LogP contribution in [0.1, 0.15) is 39.0 Å². The summed E-state index contributed by atoms with van der Waals surface area (Å²) in [5, 5.41) is 0. The van der Waals surface area contributed by atoms with E-state index >= 15 is 0 Å². The predicted molar refractivity (Wildman–Crippen MR) is 52.6 cm³/mol. The summed E-state index contributed by atoms with van der Waals surface area (Å²) in [6, 6.07) is 0. The maximum absolute atomic E-state index is 11.8. The van der Waals surface area contributed by atoms with Crippen molar-refractivity contribution in [3.8, 4) is 0 Å². The third-order valence-corrected chi connectivity index (χ3v) is 2.85. The Hall–Kier alpha value is -0.630. The predicted octanol–water partition coefficient (Wildman–Crippen LogP) is 2.48. The minimum atomic E-state index is -0.538. The molecule has 13 heavy (non-hydrogen) atoms. The third-order valence-electron chi connectivity index (χ3n) is 2.85. The maximum Gasteiger partial charge on any atom is 0.189 e. The van der Waals surface area contributed by atoms with Gasteiger partial charge in [0.25, 0.3) is 0 Å². The standard InChI is InChI=1S/C11H18O2/c1-9(2)10(12)11(13-3)7-5-4-6-8-11/h1,4-8H2,2-3H3. The van der Waals surface area contributed by atoms with Crippen LogP contribution >= 0.6 is 0 Å². The van der Waals surface area contributed by atoms with Crippen molar-refractivity contribution in [2.45, 2.75) is 44.6 Å². The smallest absolute Gasteiger partial charge is 0.189 e. The number of hydrogen-bond donors (Lipinski definition) is 0. The van der Waals surface area contributed by atoms with Crippen molar-refractivity contribution >= 4 is 5.78 Å². The molecule has 0 spiro atoms. The van der Waals surface area contributed by atoms with Gasteiger partial charge in [0.05, 0.1) is 0 Å². The zero-order valence-electron chi connectivity index (χ0n) is 8.56. The lowest BCUT2D eigenvalue weighted by Crippen LogP contribution is -2.42. The highest BCUT2D eigenvalue weighted by Gasteiger charge is 2.39. The number of rotatable bonds is 3. The van der Waals surface area contributed by atoms with Crippen molar-refractivity contribution in [3.63, 3.8) is 0 Å². The molecule has 0 heterocycles. The van der Waals surface area contributed by atoms with Gasteiger partial charge in [-0.1, -0.05) is 25.8 Å². The van der Waals surface area contributed by atoms with Crippen LogP contribution in [-0.2, 0) is 9.53 Å². The summed E-state index contributed by atoms with van der Waals surface area (Å²) in [5.74, 6) is 0.0923. The fourth-order valence-corrected chi connectivity index (χ4v) is 2.04. The van der Waals surface area contributed by atoms with E-state index in [9.17, 15) is 4.79 Å². The zero-order chi connectivity index (χ0) is 9.90. The average molecular weight is 182 g/mol. The molecule has 0 unspecified atom stereocenters. The van der Waals surface area contributed by atoms with E-state index in [-0.39, 0.29) is 5.78 Å². The molecule has 0 atom stereocenters. The molecule has 0 bridgehead atoms. The summed E-state index contributed by atoms with van der Waals surface area (Å²) in [7, 11) is 1.63. The van der Waals surface area contributed by atoms with Gasteiger partial charge in [-0.25, -0.2) is 0 Å². The molecule has 0 radical (unpaired) electrons. The molecule has 2 nitrogen and oxygen atoms in total. The van der Waals surface area contributed by atoms with Crippen LogP contribution in [0.3, 0.4) is 0 Å². The molecule has 0 aliphatic heterocycles. The van der Waals surface area contributed by atoms with Crippen molar-refractivity contribution < 1.29 is 9.53 Å². The first kappa shape index (κ1) is 10.5. The van der Waals surface area contributed by atoms with Crippen molar-refractivity contribution in [1.82, 2.24) is 0 Å². The topological polar surface area (TPSA) is 26.3 Å². The van der Waals surface area contributed by atoms with Crippen LogP contribution in [-0.4, -0.2) is 18.5 Å². The Morgan fingerprint density at radius 1 is 1.31 bits per heavy atom. The van der Waals surface area contributed by atoms with E-state index in [0.717, 1.165) is 25.7 Å². The summed E-state index contributed by atoms with van der Waals surface area (Å²) >= 11 is 0. The number of ether oxygens (including phenoxy) is 1. The summed E-state index contributed by atoms with van der Waals surface area (Å²) in [4.78, 5) is 11.8. The molecule has 1 saturated carbocycles. The van der Waals surface area contributed by atoms with Gasteiger partial charge in [-0.2, -0.15) is 0 Å². The molecule has 1 rings (SSSR count). The minimum Gasteiger partial charge on any atom is -0.370 e.